The van der Waals surface area contributed by atoms with E-state index in [9.17, 15) is 9.18 Å². The zero-order valence-corrected chi connectivity index (χ0v) is 17.1. The Kier molecular flexibility index (Phi) is 5.16. The summed E-state index contributed by atoms with van der Waals surface area (Å²) in [6.45, 7) is 0.309. The standard InChI is InChI=1S/C23H16F2N6O2/c1-2-16-22(30-19(28-16)6-4-11-27-30)20-15(24)7-8-17(21(20)25)29-23(32)31-18(9-12-33-31)14-5-3-10-26-13-14/h1,3-8,10-11,13,18H,9,12H2,(H,29,32)/t18-/m0/s1. The minimum atomic E-state index is -1.01. The Morgan fingerprint density at radius 2 is 2.06 bits per heavy atom. The van der Waals surface area contributed by atoms with Crippen molar-refractivity contribution < 1.29 is 18.4 Å². The Morgan fingerprint density at radius 1 is 1.21 bits per heavy atom. The molecule has 1 aliphatic heterocycles. The molecule has 3 aromatic heterocycles. The van der Waals surface area contributed by atoms with E-state index in [0.717, 1.165) is 22.8 Å². The van der Waals surface area contributed by atoms with Crippen molar-refractivity contribution in [3.63, 3.8) is 0 Å². The third kappa shape index (κ3) is 3.54. The highest BCUT2D eigenvalue weighted by Gasteiger charge is 2.33. The number of fused-ring (bicyclic) bond motifs is 1. The lowest BCUT2D eigenvalue weighted by molar-refractivity contribution is -0.0830. The second kappa shape index (κ2) is 8.29. The van der Waals surface area contributed by atoms with Gasteiger partial charge < -0.3 is 5.32 Å². The van der Waals surface area contributed by atoms with E-state index in [1.807, 2.05) is 6.07 Å². The highest BCUT2D eigenvalue weighted by atomic mass is 19.1. The van der Waals surface area contributed by atoms with E-state index in [1.54, 1.807) is 30.6 Å². The third-order valence-corrected chi connectivity index (χ3v) is 5.27. The molecule has 4 heterocycles. The first kappa shape index (κ1) is 20.5. The number of nitrogens with one attached hydrogen (secondary N) is 1. The summed E-state index contributed by atoms with van der Waals surface area (Å²) in [6.07, 6.45) is 10.8. The summed E-state index contributed by atoms with van der Waals surface area (Å²) in [6, 6.07) is 7.90. The molecule has 10 heteroatoms. The molecule has 0 aliphatic carbocycles. The number of benzene rings is 1. The summed E-state index contributed by atoms with van der Waals surface area (Å²) in [5, 5.41) is 7.70. The first-order valence-corrected chi connectivity index (χ1v) is 10.00. The summed E-state index contributed by atoms with van der Waals surface area (Å²) in [7, 11) is 0. The van der Waals surface area contributed by atoms with Gasteiger partial charge in [0.05, 0.1) is 23.9 Å². The first-order chi connectivity index (χ1) is 16.1. The molecule has 0 radical (unpaired) electrons. The van der Waals surface area contributed by atoms with E-state index < -0.39 is 29.3 Å². The van der Waals surface area contributed by atoms with E-state index in [1.165, 1.54) is 10.7 Å². The van der Waals surface area contributed by atoms with Crippen molar-refractivity contribution in [2.45, 2.75) is 12.5 Å². The van der Waals surface area contributed by atoms with Crippen LogP contribution < -0.4 is 5.32 Å². The number of hydrogen-bond donors (Lipinski definition) is 1. The molecular weight excluding hydrogens is 430 g/mol. The van der Waals surface area contributed by atoms with Crippen LogP contribution in [0.2, 0.25) is 0 Å². The molecular formula is C23H16F2N6O2. The first-order valence-electron chi connectivity index (χ1n) is 10.00. The number of carbonyl (C=O) groups excluding carboxylic acids is 1. The van der Waals surface area contributed by atoms with Crippen LogP contribution >= 0.6 is 0 Å². The Labute approximate surface area is 186 Å². The Morgan fingerprint density at radius 3 is 2.85 bits per heavy atom. The minimum Gasteiger partial charge on any atom is -0.303 e. The summed E-state index contributed by atoms with van der Waals surface area (Å²) >= 11 is 0. The SMILES string of the molecule is C#Cc1nc2cccnn2c1-c1c(F)ccc(NC(=O)N2OCC[C@H]2c2cccnc2)c1F. The molecule has 1 atom stereocenters. The van der Waals surface area contributed by atoms with Crippen molar-refractivity contribution >= 4 is 17.4 Å². The summed E-state index contributed by atoms with van der Waals surface area (Å²) < 4.78 is 31.6. The number of terminal acetylenes is 1. The summed E-state index contributed by atoms with van der Waals surface area (Å²) in [5.41, 5.74) is 0.419. The molecule has 1 aliphatic rings. The molecule has 0 saturated carbocycles. The van der Waals surface area contributed by atoms with Crippen molar-refractivity contribution in [1.82, 2.24) is 24.6 Å². The lowest BCUT2D eigenvalue weighted by atomic mass is 10.1. The fourth-order valence-corrected chi connectivity index (χ4v) is 3.80. The molecule has 0 spiro atoms. The predicted octanol–water partition coefficient (Wildman–Crippen LogP) is 3.96. The Bertz CT molecular complexity index is 1400. The fourth-order valence-electron chi connectivity index (χ4n) is 3.80. The van der Waals surface area contributed by atoms with Gasteiger partial charge in [0.25, 0.3) is 0 Å². The van der Waals surface area contributed by atoms with E-state index in [2.05, 4.69) is 26.3 Å². The molecule has 4 aromatic rings. The van der Waals surface area contributed by atoms with Crippen molar-refractivity contribution in [3.05, 3.63) is 77.9 Å². The maximum absolute atomic E-state index is 15.5. The third-order valence-electron chi connectivity index (χ3n) is 5.27. The molecule has 164 valence electrons. The number of urea groups is 1. The largest absolute Gasteiger partial charge is 0.346 e. The highest BCUT2D eigenvalue weighted by Crippen LogP contribution is 2.34. The number of anilines is 1. The molecule has 2 amide bonds. The van der Waals surface area contributed by atoms with Crippen molar-refractivity contribution in [2.75, 3.05) is 11.9 Å². The van der Waals surface area contributed by atoms with Crippen LogP contribution in [0.3, 0.4) is 0 Å². The van der Waals surface area contributed by atoms with Crippen LogP contribution in [-0.2, 0) is 4.84 Å². The van der Waals surface area contributed by atoms with Crippen LogP contribution in [0.4, 0.5) is 19.3 Å². The maximum Gasteiger partial charge on any atom is 0.346 e. The van der Waals surface area contributed by atoms with E-state index in [-0.39, 0.29) is 17.1 Å². The second-order valence-electron chi connectivity index (χ2n) is 7.21. The number of hydrogen-bond acceptors (Lipinski definition) is 5. The molecule has 8 nitrogen and oxygen atoms in total. The summed E-state index contributed by atoms with van der Waals surface area (Å²) in [5.74, 6) is 0.455. The highest BCUT2D eigenvalue weighted by molar-refractivity contribution is 5.90. The van der Waals surface area contributed by atoms with Crippen molar-refractivity contribution in [3.8, 4) is 23.6 Å². The van der Waals surface area contributed by atoms with Gasteiger partial charge in [0.15, 0.2) is 11.5 Å². The fraction of sp³-hybridized carbons (Fsp3) is 0.130. The number of pyridine rings is 1. The lowest BCUT2D eigenvalue weighted by Crippen LogP contribution is -2.33. The second-order valence-corrected chi connectivity index (χ2v) is 7.21. The number of halogens is 2. The topological polar surface area (TPSA) is 84.7 Å². The molecule has 0 unspecified atom stereocenters. The summed E-state index contributed by atoms with van der Waals surface area (Å²) in [4.78, 5) is 26.6. The quantitative estimate of drug-likeness (QED) is 0.482. The zero-order valence-electron chi connectivity index (χ0n) is 17.1. The molecule has 33 heavy (non-hydrogen) atoms. The minimum absolute atomic E-state index is 0.0227. The molecule has 1 aromatic carbocycles. The number of rotatable bonds is 3. The lowest BCUT2D eigenvalue weighted by Gasteiger charge is -2.23. The number of amides is 2. The zero-order chi connectivity index (χ0) is 22.9. The van der Waals surface area contributed by atoms with E-state index in [4.69, 9.17) is 11.3 Å². The van der Waals surface area contributed by atoms with Gasteiger partial charge in [0.1, 0.15) is 17.2 Å². The number of hydroxylamine groups is 2. The smallest absolute Gasteiger partial charge is 0.303 e. The molecule has 5 rings (SSSR count). The number of imidazole rings is 1. The Balaban J connectivity index is 1.52. The average Bonchev–Trinajstić information content (AvgIpc) is 3.47. The predicted molar refractivity (Wildman–Crippen MR) is 115 cm³/mol. The molecule has 0 bridgehead atoms. The van der Waals surface area contributed by atoms with Gasteiger partial charge in [-0.15, -0.1) is 6.42 Å². The van der Waals surface area contributed by atoms with Gasteiger partial charge in [-0.2, -0.15) is 10.2 Å². The van der Waals surface area contributed by atoms with Crippen LogP contribution in [0.5, 0.6) is 0 Å². The monoisotopic (exact) mass is 446 g/mol. The van der Waals surface area contributed by atoms with Gasteiger partial charge in [-0.25, -0.2) is 23.1 Å². The molecule has 1 saturated heterocycles. The van der Waals surface area contributed by atoms with Gasteiger partial charge in [0.2, 0.25) is 0 Å². The molecule has 1 fully saturated rings. The van der Waals surface area contributed by atoms with Gasteiger partial charge in [-0.1, -0.05) is 6.07 Å². The van der Waals surface area contributed by atoms with Gasteiger partial charge in [0, 0.05) is 25.0 Å². The van der Waals surface area contributed by atoms with Crippen LogP contribution in [0.25, 0.3) is 16.9 Å². The Hall–Kier alpha value is -4.36. The molecule has 1 N–H and O–H groups in total. The van der Waals surface area contributed by atoms with Crippen LogP contribution in [-0.4, -0.2) is 37.3 Å². The van der Waals surface area contributed by atoms with Gasteiger partial charge >= 0.3 is 6.03 Å². The number of nitrogens with zero attached hydrogens (tertiary/aromatic N) is 5. The number of aromatic nitrogens is 4. The van der Waals surface area contributed by atoms with Crippen LogP contribution in [0.15, 0.2) is 55.0 Å². The maximum atomic E-state index is 15.5. The van der Waals surface area contributed by atoms with Crippen LogP contribution in [0.1, 0.15) is 23.7 Å². The number of carbonyl (C=O) groups is 1. The average molecular weight is 446 g/mol. The van der Waals surface area contributed by atoms with Gasteiger partial charge in [-0.05, 0) is 41.8 Å². The van der Waals surface area contributed by atoms with E-state index in [0.29, 0.717) is 18.7 Å². The van der Waals surface area contributed by atoms with Crippen molar-refractivity contribution in [2.24, 2.45) is 0 Å². The van der Waals surface area contributed by atoms with Crippen LogP contribution in [0, 0.1) is 24.0 Å². The normalized spacial score (nSPS) is 15.5. The van der Waals surface area contributed by atoms with Crippen molar-refractivity contribution in [1.29, 1.82) is 0 Å². The van der Waals surface area contributed by atoms with Gasteiger partial charge in [-0.3, -0.25) is 9.82 Å². The van der Waals surface area contributed by atoms with E-state index >= 15 is 4.39 Å².